The Labute approximate surface area is 159 Å². The molecule has 0 saturated heterocycles. The summed E-state index contributed by atoms with van der Waals surface area (Å²) in [6.45, 7) is 2.72. The lowest BCUT2D eigenvalue weighted by Crippen LogP contribution is -2.43. The van der Waals surface area contributed by atoms with Gasteiger partial charge in [0.25, 0.3) is 11.5 Å². The predicted molar refractivity (Wildman–Crippen MR) is 104 cm³/mol. The van der Waals surface area contributed by atoms with Crippen LogP contribution in [0.1, 0.15) is 34.3 Å². The van der Waals surface area contributed by atoms with E-state index in [1.165, 1.54) is 4.40 Å². The fourth-order valence-corrected chi connectivity index (χ4v) is 4.21. The van der Waals surface area contributed by atoms with Crippen molar-refractivity contribution in [3.63, 3.8) is 0 Å². The van der Waals surface area contributed by atoms with E-state index in [1.807, 2.05) is 36.4 Å². The summed E-state index contributed by atoms with van der Waals surface area (Å²) in [4.78, 5) is 34.9. The van der Waals surface area contributed by atoms with E-state index in [0.717, 1.165) is 4.88 Å². The van der Waals surface area contributed by atoms with E-state index in [0.29, 0.717) is 37.4 Å². The normalized spacial score (nSPS) is 14.3. The first-order valence-electron chi connectivity index (χ1n) is 8.80. The molecule has 8 nitrogen and oxygen atoms in total. The van der Waals surface area contributed by atoms with Crippen LogP contribution in [0.15, 0.2) is 22.3 Å². The Hall–Kier alpha value is -2.81. The molecule has 0 bridgehead atoms. The summed E-state index contributed by atoms with van der Waals surface area (Å²) >= 11 is 1.56. The lowest BCUT2D eigenvalue weighted by Gasteiger charge is -2.30. The Bertz CT molecular complexity index is 1080. The lowest BCUT2D eigenvalue weighted by atomic mass is 10.2. The number of imidazole rings is 1. The maximum Gasteiger partial charge on any atom is 0.276 e. The number of fused-ring (bicyclic) bond motifs is 3. The minimum atomic E-state index is -0.377. The van der Waals surface area contributed by atoms with Crippen LogP contribution in [-0.2, 0) is 13.0 Å². The Morgan fingerprint density at radius 3 is 2.70 bits per heavy atom. The van der Waals surface area contributed by atoms with Crippen molar-refractivity contribution in [3.05, 3.63) is 44.0 Å². The molecule has 0 unspecified atom stereocenters. The standard InChI is InChI=1S/C18H21N5O3S/c1-4-6-12-15(24)22(9-11-7-5-8-27-11)18-19-14-13(23(18)16(12)25)17(26)21(3)10-20(14)2/h5,7-8,24H,4,6,9-10H2,1-3H3. The number of carbonyl (C=O) groups is 1. The van der Waals surface area contributed by atoms with Crippen LogP contribution in [0.2, 0.25) is 0 Å². The van der Waals surface area contributed by atoms with Gasteiger partial charge in [0.1, 0.15) is 0 Å². The Balaban J connectivity index is 2.07. The third kappa shape index (κ3) is 2.61. The number of carbonyl (C=O) groups excluding carboxylic acids is 1. The highest BCUT2D eigenvalue weighted by Crippen LogP contribution is 2.29. The molecule has 1 aliphatic heterocycles. The zero-order valence-electron chi connectivity index (χ0n) is 15.5. The van der Waals surface area contributed by atoms with Crippen LogP contribution in [0.25, 0.3) is 5.78 Å². The highest BCUT2D eigenvalue weighted by atomic mass is 32.1. The second kappa shape index (κ2) is 6.41. The van der Waals surface area contributed by atoms with Crippen LogP contribution in [-0.4, -0.2) is 50.6 Å². The van der Waals surface area contributed by atoms with Crippen molar-refractivity contribution in [1.29, 1.82) is 0 Å². The maximum atomic E-state index is 13.1. The first-order chi connectivity index (χ1) is 12.9. The van der Waals surface area contributed by atoms with Gasteiger partial charge >= 0.3 is 0 Å². The Morgan fingerprint density at radius 1 is 1.26 bits per heavy atom. The van der Waals surface area contributed by atoms with Gasteiger partial charge < -0.3 is 14.9 Å². The molecule has 0 aliphatic carbocycles. The predicted octanol–water partition coefficient (Wildman–Crippen LogP) is 1.74. The average Bonchev–Trinajstić information content (AvgIpc) is 3.28. The number of rotatable bonds is 4. The van der Waals surface area contributed by atoms with E-state index in [4.69, 9.17) is 0 Å². The van der Waals surface area contributed by atoms with Crippen LogP contribution in [0.3, 0.4) is 0 Å². The number of aromatic hydroxyl groups is 1. The smallest absolute Gasteiger partial charge is 0.276 e. The average molecular weight is 387 g/mol. The second-order valence-corrected chi connectivity index (χ2v) is 7.82. The molecule has 0 saturated carbocycles. The summed E-state index contributed by atoms with van der Waals surface area (Å²) in [5.74, 6) is 0.423. The molecule has 4 rings (SSSR count). The maximum absolute atomic E-state index is 13.1. The molecule has 0 radical (unpaired) electrons. The fraction of sp³-hybridized carbons (Fsp3) is 0.389. The molecule has 0 atom stereocenters. The molecule has 3 aromatic rings. The van der Waals surface area contributed by atoms with Crippen molar-refractivity contribution < 1.29 is 9.90 Å². The SMILES string of the molecule is CCCc1c(O)n(Cc2cccs2)c2nc3c(n2c1=O)C(=O)N(C)CN3C. The van der Waals surface area contributed by atoms with E-state index < -0.39 is 0 Å². The quantitative estimate of drug-likeness (QED) is 0.737. The Morgan fingerprint density at radius 2 is 2.04 bits per heavy atom. The van der Waals surface area contributed by atoms with Crippen molar-refractivity contribution >= 4 is 28.8 Å². The number of amides is 1. The van der Waals surface area contributed by atoms with E-state index in [1.54, 1.807) is 27.9 Å². The number of thiophene rings is 1. The fourth-order valence-electron chi connectivity index (χ4n) is 3.52. The first-order valence-corrected chi connectivity index (χ1v) is 9.68. The molecule has 1 aliphatic rings. The number of anilines is 1. The topological polar surface area (TPSA) is 83.1 Å². The highest BCUT2D eigenvalue weighted by molar-refractivity contribution is 7.09. The van der Waals surface area contributed by atoms with Crippen LogP contribution >= 0.6 is 11.3 Å². The van der Waals surface area contributed by atoms with Gasteiger partial charge in [-0.05, 0) is 17.9 Å². The molecule has 1 amide bonds. The molecule has 0 spiro atoms. The molecule has 3 aromatic heterocycles. The minimum absolute atomic E-state index is 0.0754. The van der Waals surface area contributed by atoms with E-state index in [9.17, 15) is 14.7 Å². The minimum Gasteiger partial charge on any atom is -0.494 e. The molecule has 27 heavy (non-hydrogen) atoms. The molecule has 9 heteroatoms. The van der Waals surface area contributed by atoms with Crippen molar-refractivity contribution in [1.82, 2.24) is 18.9 Å². The van der Waals surface area contributed by atoms with Gasteiger partial charge in [-0.25, -0.2) is 4.40 Å². The van der Waals surface area contributed by atoms with Gasteiger partial charge in [0.2, 0.25) is 11.7 Å². The van der Waals surface area contributed by atoms with Crippen molar-refractivity contribution in [2.24, 2.45) is 0 Å². The van der Waals surface area contributed by atoms with E-state index in [-0.39, 0.29) is 28.8 Å². The van der Waals surface area contributed by atoms with Crippen LogP contribution in [0.5, 0.6) is 5.88 Å². The zero-order valence-corrected chi connectivity index (χ0v) is 16.3. The molecule has 142 valence electrons. The summed E-state index contributed by atoms with van der Waals surface area (Å²) < 4.78 is 2.99. The van der Waals surface area contributed by atoms with Crippen LogP contribution < -0.4 is 10.5 Å². The van der Waals surface area contributed by atoms with Gasteiger partial charge in [-0.3, -0.25) is 14.2 Å². The summed E-state index contributed by atoms with van der Waals surface area (Å²) in [6, 6.07) is 3.90. The van der Waals surface area contributed by atoms with E-state index in [2.05, 4.69) is 4.98 Å². The molecular weight excluding hydrogens is 366 g/mol. The number of nitrogens with zero attached hydrogens (tertiary/aromatic N) is 5. The first kappa shape index (κ1) is 17.6. The van der Waals surface area contributed by atoms with Crippen LogP contribution in [0, 0.1) is 0 Å². The van der Waals surface area contributed by atoms with E-state index >= 15 is 0 Å². The van der Waals surface area contributed by atoms with Crippen molar-refractivity contribution in [2.45, 2.75) is 26.3 Å². The van der Waals surface area contributed by atoms with Crippen molar-refractivity contribution in [3.8, 4) is 5.88 Å². The second-order valence-electron chi connectivity index (χ2n) is 6.78. The largest absolute Gasteiger partial charge is 0.494 e. The zero-order chi connectivity index (χ0) is 19.3. The van der Waals surface area contributed by atoms with Gasteiger partial charge in [-0.15, -0.1) is 11.3 Å². The summed E-state index contributed by atoms with van der Waals surface area (Å²) in [6.07, 6.45) is 1.13. The molecule has 1 N–H and O–H groups in total. The number of hydrogen-bond donors (Lipinski definition) is 1. The molecular formula is C18H21N5O3S. The lowest BCUT2D eigenvalue weighted by molar-refractivity contribution is 0.0777. The van der Waals surface area contributed by atoms with Gasteiger partial charge in [0.05, 0.1) is 18.8 Å². The van der Waals surface area contributed by atoms with Gasteiger partial charge in [-0.1, -0.05) is 19.4 Å². The summed E-state index contributed by atoms with van der Waals surface area (Å²) in [7, 11) is 3.52. The third-order valence-corrected chi connectivity index (χ3v) is 5.66. The molecule has 0 fully saturated rings. The molecule has 0 aromatic carbocycles. The monoisotopic (exact) mass is 387 g/mol. The van der Waals surface area contributed by atoms with Gasteiger partial charge in [-0.2, -0.15) is 4.98 Å². The number of aromatic nitrogens is 3. The Kier molecular flexibility index (Phi) is 4.18. The molecule has 4 heterocycles. The number of hydrogen-bond acceptors (Lipinski definition) is 6. The third-order valence-electron chi connectivity index (χ3n) is 4.80. The van der Waals surface area contributed by atoms with Crippen molar-refractivity contribution in [2.75, 3.05) is 25.7 Å². The van der Waals surface area contributed by atoms with Gasteiger partial charge in [0, 0.05) is 19.0 Å². The van der Waals surface area contributed by atoms with Crippen LogP contribution in [0.4, 0.5) is 5.82 Å². The van der Waals surface area contributed by atoms with Gasteiger partial charge in [0.15, 0.2) is 11.5 Å². The summed E-state index contributed by atoms with van der Waals surface area (Å²) in [5.41, 5.74) is 0.187. The summed E-state index contributed by atoms with van der Waals surface area (Å²) in [5, 5.41) is 12.8. The highest BCUT2D eigenvalue weighted by Gasteiger charge is 2.33.